The topological polar surface area (TPSA) is 48.4 Å². The molecule has 5 rings (SSSR count). The van der Waals surface area contributed by atoms with E-state index in [-0.39, 0.29) is 6.04 Å². The molecule has 1 fully saturated rings. The van der Waals surface area contributed by atoms with Gasteiger partial charge in [0.1, 0.15) is 12.1 Å². The van der Waals surface area contributed by atoms with E-state index < -0.39 is 0 Å². The molecule has 3 aromatic rings. The third kappa shape index (κ3) is 4.80. The summed E-state index contributed by atoms with van der Waals surface area (Å²) >= 11 is 0. The van der Waals surface area contributed by atoms with Crippen molar-refractivity contribution in [1.82, 2.24) is 24.8 Å². The van der Waals surface area contributed by atoms with Gasteiger partial charge in [0, 0.05) is 62.3 Å². The number of anilines is 1. The van der Waals surface area contributed by atoms with Crippen LogP contribution in [0, 0.1) is 0 Å². The second-order valence-corrected chi connectivity index (χ2v) is 9.96. The molecule has 2 aliphatic heterocycles. The van der Waals surface area contributed by atoms with Crippen LogP contribution in [-0.4, -0.2) is 63.5 Å². The Morgan fingerprint density at radius 3 is 2.56 bits per heavy atom. The minimum absolute atomic E-state index is 0.254. The minimum Gasteiger partial charge on any atom is -0.354 e. The second kappa shape index (κ2) is 10.4. The Morgan fingerprint density at radius 1 is 0.912 bits per heavy atom. The van der Waals surface area contributed by atoms with Gasteiger partial charge in [-0.1, -0.05) is 44.0 Å². The normalized spacial score (nSPS) is 19.2. The third-order valence-corrected chi connectivity index (χ3v) is 7.82. The number of benzene rings is 1. The van der Waals surface area contributed by atoms with Gasteiger partial charge in [-0.25, -0.2) is 9.97 Å². The van der Waals surface area contributed by atoms with E-state index in [4.69, 9.17) is 15.0 Å². The standard InChI is InChI=1S/C28H38N6/c1-4-5-8-21(2)32-15-17-33(18-16-32)28-24-13-14-34(19-27(24)29-20-30-28)22(3)25-12-11-23-9-6-7-10-26(23)31-25/h6-7,9-12,20-22H,4-5,8,13-19H2,1-3H3. The van der Waals surface area contributed by atoms with E-state index in [9.17, 15) is 0 Å². The lowest BCUT2D eigenvalue weighted by Crippen LogP contribution is -2.50. The molecular formula is C28H38N6. The van der Waals surface area contributed by atoms with Crippen LogP contribution < -0.4 is 4.90 Å². The molecule has 1 saturated heterocycles. The molecule has 0 aliphatic carbocycles. The van der Waals surface area contributed by atoms with Gasteiger partial charge in [-0.3, -0.25) is 14.8 Å². The quantitative estimate of drug-likeness (QED) is 0.505. The highest BCUT2D eigenvalue weighted by molar-refractivity contribution is 5.78. The van der Waals surface area contributed by atoms with Gasteiger partial charge >= 0.3 is 0 Å². The summed E-state index contributed by atoms with van der Waals surface area (Å²) in [6.07, 6.45) is 6.68. The average molecular weight is 459 g/mol. The van der Waals surface area contributed by atoms with Crippen LogP contribution in [-0.2, 0) is 13.0 Å². The summed E-state index contributed by atoms with van der Waals surface area (Å²) in [5.74, 6) is 1.17. The molecule has 0 saturated carbocycles. The Kier molecular flexibility index (Phi) is 7.07. The van der Waals surface area contributed by atoms with Crippen LogP contribution in [0.5, 0.6) is 0 Å². The van der Waals surface area contributed by atoms with Gasteiger partial charge < -0.3 is 4.90 Å². The molecule has 0 amide bonds. The number of hydrogen-bond donors (Lipinski definition) is 0. The third-order valence-electron chi connectivity index (χ3n) is 7.82. The molecule has 2 aromatic heterocycles. The average Bonchev–Trinajstić information content (AvgIpc) is 2.90. The van der Waals surface area contributed by atoms with Crippen molar-refractivity contribution in [2.45, 2.75) is 65.1 Å². The number of fused-ring (bicyclic) bond motifs is 2. The smallest absolute Gasteiger partial charge is 0.135 e. The highest BCUT2D eigenvalue weighted by Gasteiger charge is 2.29. The zero-order chi connectivity index (χ0) is 23.5. The summed E-state index contributed by atoms with van der Waals surface area (Å²) in [7, 11) is 0. The highest BCUT2D eigenvalue weighted by atomic mass is 15.3. The lowest BCUT2D eigenvalue weighted by atomic mass is 10.0. The fraction of sp³-hybridized carbons (Fsp3) is 0.536. The Hall–Kier alpha value is -2.57. The van der Waals surface area contributed by atoms with Gasteiger partial charge in [0.15, 0.2) is 0 Å². The Bertz CT molecular complexity index is 1110. The molecule has 180 valence electrons. The van der Waals surface area contributed by atoms with Crippen molar-refractivity contribution < 1.29 is 0 Å². The Labute approximate surface area is 204 Å². The van der Waals surface area contributed by atoms with Crippen LogP contribution in [0.2, 0.25) is 0 Å². The van der Waals surface area contributed by atoms with E-state index in [1.54, 1.807) is 6.33 Å². The van der Waals surface area contributed by atoms with Crippen molar-refractivity contribution in [2.24, 2.45) is 0 Å². The van der Waals surface area contributed by atoms with Crippen molar-refractivity contribution in [3.05, 3.63) is 59.7 Å². The zero-order valence-electron chi connectivity index (χ0n) is 21.0. The van der Waals surface area contributed by atoms with Crippen LogP contribution in [0.15, 0.2) is 42.7 Å². The van der Waals surface area contributed by atoms with Crippen molar-refractivity contribution in [3.63, 3.8) is 0 Å². The first-order valence-electron chi connectivity index (χ1n) is 13.1. The van der Waals surface area contributed by atoms with Gasteiger partial charge in [-0.2, -0.15) is 0 Å². The minimum atomic E-state index is 0.254. The number of unbranched alkanes of at least 4 members (excludes halogenated alkanes) is 1. The molecule has 2 aliphatic rings. The molecule has 6 heteroatoms. The highest BCUT2D eigenvalue weighted by Crippen LogP contribution is 2.31. The molecule has 34 heavy (non-hydrogen) atoms. The summed E-state index contributed by atoms with van der Waals surface area (Å²) < 4.78 is 0. The van der Waals surface area contributed by atoms with E-state index in [2.05, 4.69) is 71.9 Å². The molecule has 0 bridgehead atoms. The maximum absolute atomic E-state index is 4.95. The second-order valence-electron chi connectivity index (χ2n) is 9.96. The first-order chi connectivity index (χ1) is 16.6. The molecule has 0 radical (unpaired) electrons. The monoisotopic (exact) mass is 458 g/mol. The van der Waals surface area contributed by atoms with Crippen LogP contribution in [0.4, 0.5) is 5.82 Å². The van der Waals surface area contributed by atoms with Crippen LogP contribution in [0.3, 0.4) is 0 Å². The number of para-hydroxylation sites is 1. The largest absolute Gasteiger partial charge is 0.354 e. The van der Waals surface area contributed by atoms with E-state index in [0.29, 0.717) is 6.04 Å². The molecule has 2 unspecified atom stereocenters. The number of nitrogens with zero attached hydrogens (tertiary/aromatic N) is 6. The Balaban J connectivity index is 1.26. The predicted octanol–water partition coefficient (Wildman–Crippen LogP) is 4.84. The lowest BCUT2D eigenvalue weighted by molar-refractivity contribution is 0.182. The summed E-state index contributed by atoms with van der Waals surface area (Å²) in [4.78, 5) is 22.1. The predicted molar refractivity (Wildman–Crippen MR) is 139 cm³/mol. The number of rotatable bonds is 7. The molecule has 6 nitrogen and oxygen atoms in total. The van der Waals surface area contributed by atoms with Gasteiger partial charge in [-0.15, -0.1) is 0 Å². The van der Waals surface area contributed by atoms with E-state index in [1.807, 2.05) is 0 Å². The maximum Gasteiger partial charge on any atom is 0.135 e. The van der Waals surface area contributed by atoms with Gasteiger partial charge in [0.25, 0.3) is 0 Å². The molecule has 0 N–H and O–H groups in total. The van der Waals surface area contributed by atoms with Gasteiger partial charge in [-0.05, 0) is 38.8 Å². The first kappa shape index (κ1) is 23.2. The van der Waals surface area contributed by atoms with Crippen molar-refractivity contribution in [3.8, 4) is 0 Å². The van der Waals surface area contributed by atoms with Crippen molar-refractivity contribution in [1.29, 1.82) is 0 Å². The zero-order valence-corrected chi connectivity index (χ0v) is 21.0. The van der Waals surface area contributed by atoms with E-state index >= 15 is 0 Å². The Morgan fingerprint density at radius 2 is 1.74 bits per heavy atom. The lowest BCUT2D eigenvalue weighted by Gasteiger charge is -2.40. The van der Waals surface area contributed by atoms with Crippen molar-refractivity contribution >= 4 is 16.7 Å². The number of hydrogen-bond acceptors (Lipinski definition) is 6. The number of pyridine rings is 1. The van der Waals surface area contributed by atoms with Gasteiger partial charge in [0.2, 0.25) is 0 Å². The summed E-state index contributed by atoms with van der Waals surface area (Å²) in [6, 6.07) is 13.6. The van der Waals surface area contributed by atoms with Crippen molar-refractivity contribution in [2.75, 3.05) is 37.6 Å². The molecule has 2 atom stereocenters. The first-order valence-corrected chi connectivity index (χ1v) is 13.1. The molecular weight excluding hydrogens is 420 g/mol. The fourth-order valence-electron chi connectivity index (χ4n) is 5.52. The van der Waals surface area contributed by atoms with Crippen LogP contribution in [0.25, 0.3) is 10.9 Å². The number of aromatic nitrogens is 3. The fourth-order valence-corrected chi connectivity index (χ4v) is 5.52. The van der Waals surface area contributed by atoms with E-state index in [0.717, 1.165) is 56.9 Å². The van der Waals surface area contributed by atoms with Crippen LogP contribution >= 0.6 is 0 Å². The maximum atomic E-state index is 4.95. The molecule has 1 aromatic carbocycles. The van der Waals surface area contributed by atoms with E-state index in [1.165, 1.54) is 41.7 Å². The summed E-state index contributed by atoms with van der Waals surface area (Å²) in [5, 5.41) is 1.19. The van der Waals surface area contributed by atoms with Gasteiger partial charge in [0.05, 0.1) is 16.9 Å². The summed E-state index contributed by atoms with van der Waals surface area (Å²) in [6.45, 7) is 13.2. The number of piperazine rings is 1. The SMILES string of the molecule is CCCCC(C)N1CCN(c2ncnc3c2CCN(C(C)c2ccc4ccccc4n2)C3)CC1. The summed E-state index contributed by atoms with van der Waals surface area (Å²) in [5.41, 5.74) is 4.73. The van der Waals surface area contributed by atoms with Crippen LogP contribution in [0.1, 0.15) is 63.0 Å². The molecule has 0 spiro atoms. The molecule has 4 heterocycles.